The molecule has 4 heteroatoms. The van der Waals surface area contributed by atoms with Gasteiger partial charge >= 0.3 is 6.03 Å². The van der Waals surface area contributed by atoms with Gasteiger partial charge in [-0.15, -0.1) is 0 Å². The Morgan fingerprint density at radius 3 is 2.69 bits per heavy atom. The van der Waals surface area contributed by atoms with Crippen LogP contribution in [0.25, 0.3) is 0 Å². The van der Waals surface area contributed by atoms with Gasteiger partial charge in [-0.05, 0) is 18.6 Å². The van der Waals surface area contributed by atoms with Crippen molar-refractivity contribution in [2.24, 2.45) is 0 Å². The predicted molar refractivity (Wildman–Crippen MR) is 64.5 cm³/mol. The first kappa shape index (κ1) is 12.5. The number of urea groups is 1. The molecule has 0 radical (unpaired) electrons. The van der Waals surface area contributed by atoms with Crippen LogP contribution in [0.4, 0.5) is 10.5 Å². The predicted octanol–water partition coefficient (Wildman–Crippen LogP) is 2.22. The average molecular weight is 222 g/mol. The number of carbonyl (C=O) groups is 1. The molecule has 0 fully saturated rings. The molecule has 1 N–H and O–H groups in total. The molecule has 1 aromatic rings. The number of ether oxygens (including phenoxy) is 1. The van der Waals surface area contributed by atoms with Crippen molar-refractivity contribution in [2.75, 3.05) is 25.3 Å². The van der Waals surface area contributed by atoms with E-state index in [1.807, 2.05) is 37.3 Å². The van der Waals surface area contributed by atoms with E-state index in [4.69, 9.17) is 4.74 Å². The van der Waals surface area contributed by atoms with Crippen LogP contribution in [0.5, 0.6) is 0 Å². The van der Waals surface area contributed by atoms with Gasteiger partial charge in [0.15, 0.2) is 0 Å². The summed E-state index contributed by atoms with van der Waals surface area (Å²) in [5, 5.41) is 2.68. The molecule has 0 saturated carbocycles. The zero-order chi connectivity index (χ0) is 11.8. The van der Waals surface area contributed by atoms with Crippen molar-refractivity contribution in [1.82, 2.24) is 5.32 Å². The topological polar surface area (TPSA) is 41.6 Å². The number of nitrogens with one attached hydrogen (secondary N) is 1. The summed E-state index contributed by atoms with van der Waals surface area (Å²) in [6.07, 6.45) is 0.949. The van der Waals surface area contributed by atoms with Gasteiger partial charge in [-0.25, -0.2) is 4.79 Å². The van der Waals surface area contributed by atoms with Crippen molar-refractivity contribution in [3.05, 3.63) is 30.3 Å². The summed E-state index contributed by atoms with van der Waals surface area (Å²) in [7, 11) is 1.73. The maximum atomic E-state index is 11.6. The Labute approximate surface area is 96.2 Å². The molecule has 0 bridgehead atoms. The first-order chi connectivity index (χ1) is 7.75. The van der Waals surface area contributed by atoms with Gasteiger partial charge in [0.25, 0.3) is 0 Å². The molecule has 1 aromatic carbocycles. The van der Waals surface area contributed by atoms with Crippen LogP contribution in [0.2, 0.25) is 0 Å². The minimum atomic E-state index is -0.165. The van der Waals surface area contributed by atoms with E-state index in [0.717, 1.165) is 12.1 Å². The van der Waals surface area contributed by atoms with Gasteiger partial charge in [-0.1, -0.05) is 25.1 Å². The number of hydrogen-bond acceptors (Lipinski definition) is 2. The Morgan fingerprint density at radius 2 is 2.06 bits per heavy atom. The van der Waals surface area contributed by atoms with E-state index in [1.54, 1.807) is 11.9 Å². The van der Waals surface area contributed by atoms with E-state index in [0.29, 0.717) is 6.61 Å². The van der Waals surface area contributed by atoms with E-state index < -0.39 is 0 Å². The summed E-state index contributed by atoms with van der Waals surface area (Å²) in [5.74, 6) is 0. The highest BCUT2D eigenvalue weighted by atomic mass is 16.5. The molecule has 0 aliphatic heterocycles. The number of carbonyl (C=O) groups excluding carboxylic acids is 1. The lowest BCUT2D eigenvalue weighted by Gasteiger charge is -2.17. The molecule has 4 nitrogen and oxygen atoms in total. The van der Waals surface area contributed by atoms with E-state index in [1.165, 1.54) is 0 Å². The number of benzene rings is 1. The molecule has 16 heavy (non-hydrogen) atoms. The molecule has 0 aromatic heterocycles. The van der Waals surface area contributed by atoms with Gasteiger partial charge in [-0.3, -0.25) is 4.90 Å². The smallest absolute Gasteiger partial charge is 0.323 e. The summed E-state index contributed by atoms with van der Waals surface area (Å²) < 4.78 is 5.18. The van der Waals surface area contributed by atoms with Gasteiger partial charge in [0.05, 0.1) is 0 Å². The molecule has 0 heterocycles. The summed E-state index contributed by atoms with van der Waals surface area (Å²) in [4.78, 5) is 13.2. The van der Waals surface area contributed by atoms with E-state index in [2.05, 4.69) is 5.32 Å². The van der Waals surface area contributed by atoms with Crippen molar-refractivity contribution < 1.29 is 9.53 Å². The van der Waals surface area contributed by atoms with Crippen LogP contribution in [-0.2, 0) is 4.74 Å². The molecule has 0 saturated heterocycles. The molecule has 0 spiro atoms. The Hall–Kier alpha value is -1.55. The molecule has 0 unspecified atom stereocenters. The second-order valence-corrected chi connectivity index (χ2v) is 3.43. The van der Waals surface area contributed by atoms with Crippen LogP contribution in [-0.4, -0.2) is 26.4 Å². The largest absolute Gasteiger partial charge is 0.361 e. The Morgan fingerprint density at radius 1 is 1.38 bits per heavy atom. The van der Waals surface area contributed by atoms with Gasteiger partial charge in [0.2, 0.25) is 0 Å². The van der Waals surface area contributed by atoms with Crippen LogP contribution < -0.4 is 10.2 Å². The van der Waals surface area contributed by atoms with Crippen LogP contribution >= 0.6 is 0 Å². The fourth-order valence-corrected chi connectivity index (χ4v) is 1.22. The van der Waals surface area contributed by atoms with Crippen molar-refractivity contribution in [3.63, 3.8) is 0 Å². The van der Waals surface area contributed by atoms with E-state index in [-0.39, 0.29) is 12.8 Å². The summed E-state index contributed by atoms with van der Waals surface area (Å²) in [6, 6.07) is 9.31. The van der Waals surface area contributed by atoms with Crippen LogP contribution in [0.3, 0.4) is 0 Å². The third kappa shape index (κ3) is 3.90. The fourth-order valence-electron chi connectivity index (χ4n) is 1.22. The third-order valence-corrected chi connectivity index (χ3v) is 2.12. The zero-order valence-corrected chi connectivity index (χ0v) is 9.77. The van der Waals surface area contributed by atoms with Gasteiger partial charge in [0.1, 0.15) is 6.73 Å². The average Bonchev–Trinajstić information content (AvgIpc) is 2.34. The quantitative estimate of drug-likeness (QED) is 0.613. The Balaban J connectivity index is 2.37. The summed E-state index contributed by atoms with van der Waals surface area (Å²) in [6.45, 7) is 2.94. The molecule has 0 aliphatic rings. The molecular weight excluding hydrogens is 204 g/mol. The number of amides is 2. The maximum Gasteiger partial charge on any atom is 0.323 e. The highest BCUT2D eigenvalue weighted by Gasteiger charge is 2.08. The first-order valence-corrected chi connectivity index (χ1v) is 5.40. The minimum Gasteiger partial charge on any atom is -0.361 e. The lowest BCUT2D eigenvalue weighted by molar-refractivity contribution is 0.122. The fraction of sp³-hybridized carbons (Fsp3) is 0.417. The number of rotatable bonds is 5. The van der Waals surface area contributed by atoms with Gasteiger partial charge < -0.3 is 10.1 Å². The third-order valence-electron chi connectivity index (χ3n) is 2.12. The van der Waals surface area contributed by atoms with E-state index >= 15 is 0 Å². The van der Waals surface area contributed by atoms with Crippen molar-refractivity contribution in [2.45, 2.75) is 13.3 Å². The van der Waals surface area contributed by atoms with Crippen LogP contribution in [0.15, 0.2) is 30.3 Å². The minimum absolute atomic E-state index is 0.165. The van der Waals surface area contributed by atoms with Gasteiger partial charge in [-0.2, -0.15) is 0 Å². The Bertz CT molecular complexity index is 314. The monoisotopic (exact) mass is 222 g/mol. The second-order valence-electron chi connectivity index (χ2n) is 3.43. The SMILES string of the molecule is CCCOCNC(=O)N(C)c1ccccc1. The lowest BCUT2D eigenvalue weighted by Crippen LogP contribution is -2.38. The van der Waals surface area contributed by atoms with Gasteiger partial charge in [0, 0.05) is 19.3 Å². The van der Waals surface area contributed by atoms with Crippen molar-refractivity contribution >= 4 is 11.7 Å². The molecule has 2 amide bonds. The molecular formula is C12H18N2O2. The van der Waals surface area contributed by atoms with E-state index in [9.17, 15) is 4.79 Å². The summed E-state index contributed by atoms with van der Waals surface area (Å²) in [5.41, 5.74) is 0.857. The summed E-state index contributed by atoms with van der Waals surface area (Å²) >= 11 is 0. The number of nitrogens with zero attached hydrogens (tertiary/aromatic N) is 1. The Kier molecular flexibility index (Phi) is 5.36. The van der Waals surface area contributed by atoms with Crippen LogP contribution in [0.1, 0.15) is 13.3 Å². The maximum absolute atomic E-state index is 11.6. The second kappa shape index (κ2) is 6.85. The molecule has 0 aliphatic carbocycles. The van der Waals surface area contributed by atoms with Crippen molar-refractivity contribution in [1.29, 1.82) is 0 Å². The number of para-hydroxylation sites is 1. The van der Waals surface area contributed by atoms with Crippen LogP contribution in [0, 0.1) is 0 Å². The highest BCUT2D eigenvalue weighted by Crippen LogP contribution is 2.10. The molecule has 88 valence electrons. The number of hydrogen-bond donors (Lipinski definition) is 1. The normalized spacial score (nSPS) is 9.88. The zero-order valence-electron chi connectivity index (χ0n) is 9.77. The first-order valence-electron chi connectivity index (χ1n) is 5.40. The molecule has 0 atom stereocenters. The molecule has 1 rings (SSSR count). The number of anilines is 1. The lowest BCUT2D eigenvalue weighted by atomic mass is 10.3. The highest BCUT2D eigenvalue weighted by molar-refractivity contribution is 5.91. The van der Waals surface area contributed by atoms with Crippen molar-refractivity contribution in [3.8, 4) is 0 Å². The standard InChI is InChI=1S/C12H18N2O2/c1-3-9-16-10-13-12(15)14(2)11-7-5-4-6-8-11/h4-8H,3,9-10H2,1-2H3,(H,13,15).